The van der Waals surface area contributed by atoms with Gasteiger partial charge in [0.15, 0.2) is 5.78 Å². The Balaban J connectivity index is 2.59. The van der Waals surface area contributed by atoms with E-state index in [2.05, 4.69) is 12.2 Å². The number of methoxy groups -OCH3 is 2. The van der Waals surface area contributed by atoms with Gasteiger partial charge in [-0.1, -0.05) is 28.9 Å². The highest BCUT2D eigenvalue weighted by atomic mass is 16.5. The molecule has 0 aliphatic heterocycles. The topological polar surface area (TPSA) is 76.0 Å². The SMILES string of the molecule is COc1cc(C)c(OC)c(CC=C(C)CC(=O)C=C(C)CCC=C(C)CC[C@H](O)C(C)(C)O)c1. The second-order valence-electron chi connectivity index (χ2n) is 9.82. The summed E-state index contributed by atoms with van der Waals surface area (Å²) in [7, 11) is 3.32. The third kappa shape index (κ3) is 10.7. The summed E-state index contributed by atoms with van der Waals surface area (Å²) in [5.41, 5.74) is 4.25. The molecular formula is C29H44O5. The number of aliphatic hydroxyl groups is 2. The summed E-state index contributed by atoms with van der Waals surface area (Å²) in [6.45, 7) is 11.2. The summed E-state index contributed by atoms with van der Waals surface area (Å²) in [6, 6.07) is 3.92. The van der Waals surface area contributed by atoms with E-state index in [9.17, 15) is 15.0 Å². The van der Waals surface area contributed by atoms with E-state index in [4.69, 9.17) is 9.47 Å². The molecule has 0 aromatic heterocycles. The van der Waals surface area contributed by atoms with Gasteiger partial charge >= 0.3 is 0 Å². The Morgan fingerprint density at radius 2 is 1.71 bits per heavy atom. The highest BCUT2D eigenvalue weighted by Gasteiger charge is 2.23. The second-order valence-corrected chi connectivity index (χ2v) is 9.82. The zero-order valence-electron chi connectivity index (χ0n) is 22.3. The van der Waals surface area contributed by atoms with Crippen molar-refractivity contribution < 1.29 is 24.5 Å². The molecule has 1 atom stereocenters. The fourth-order valence-electron chi connectivity index (χ4n) is 3.77. The first-order valence-corrected chi connectivity index (χ1v) is 12.0. The van der Waals surface area contributed by atoms with E-state index in [0.717, 1.165) is 53.0 Å². The molecule has 1 aromatic carbocycles. The van der Waals surface area contributed by atoms with Gasteiger partial charge < -0.3 is 19.7 Å². The van der Waals surface area contributed by atoms with Gasteiger partial charge in [0.25, 0.3) is 0 Å². The summed E-state index contributed by atoms with van der Waals surface area (Å²) in [5, 5.41) is 19.8. The van der Waals surface area contributed by atoms with Gasteiger partial charge in [0.2, 0.25) is 0 Å². The molecule has 0 aliphatic carbocycles. The number of carbonyl (C=O) groups is 1. The quantitative estimate of drug-likeness (QED) is 0.255. The predicted octanol–water partition coefficient (Wildman–Crippen LogP) is 6.05. The van der Waals surface area contributed by atoms with Crippen LogP contribution >= 0.6 is 0 Å². The minimum absolute atomic E-state index is 0.106. The normalized spacial score (nSPS) is 14.2. The van der Waals surface area contributed by atoms with Crippen molar-refractivity contribution in [3.8, 4) is 11.5 Å². The number of carbonyl (C=O) groups excluding carboxylic acids is 1. The van der Waals surface area contributed by atoms with Gasteiger partial charge in [0.1, 0.15) is 11.5 Å². The van der Waals surface area contributed by atoms with Gasteiger partial charge in [-0.15, -0.1) is 0 Å². The highest BCUT2D eigenvalue weighted by Crippen LogP contribution is 2.29. The zero-order chi connectivity index (χ0) is 25.9. The Labute approximate surface area is 206 Å². The van der Waals surface area contributed by atoms with Crippen LogP contribution in [0.3, 0.4) is 0 Å². The third-order valence-corrected chi connectivity index (χ3v) is 5.95. The van der Waals surface area contributed by atoms with Gasteiger partial charge in [0.05, 0.1) is 25.9 Å². The number of hydrogen-bond donors (Lipinski definition) is 2. The van der Waals surface area contributed by atoms with Gasteiger partial charge in [0, 0.05) is 12.0 Å². The lowest BCUT2D eigenvalue weighted by atomic mass is 9.95. The maximum absolute atomic E-state index is 12.5. The van der Waals surface area contributed by atoms with Crippen LogP contribution < -0.4 is 9.47 Å². The van der Waals surface area contributed by atoms with Crippen LogP contribution in [0.15, 0.2) is 47.1 Å². The van der Waals surface area contributed by atoms with Crippen LogP contribution in [0.25, 0.3) is 0 Å². The molecule has 0 fully saturated rings. The number of allylic oxidation sites excluding steroid dienone is 6. The number of hydrogen-bond acceptors (Lipinski definition) is 5. The van der Waals surface area contributed by atoms with Crippen LogP contribution in [0.5, 0.6) is 11.5 Å². The van der Waals surface area contributed by atoms with Gasteiger partial charge in [-0.25, -0.2) is 0 Å². The molecule has 2 N–H and O–H groups in total. The van der Waals surface area contributed by atoms with E-state index >= 15 is 0 Å². The van der Waals surface area contributed by atoms with E-state index in [-0.39, 0.29) is 5.78 Å². The Bertz CT molecular complexity index is 900. The smallest absolute Gasteiger partial charge is 0.159 e. The Morgan fingerprint density at radius 1 is 1.03 bits per heavy atom. The molecular weight excluding hydrogens is 428 g/mol. The molecule has 34 heavy (non-hydrogen) atoms. The number of benzene rings is 1. The first kappa shape index (κ1) is 29.7. The summed E-state index contributed by atoms with van der Waals surface area (Å²) < 4.78 is 10.9. The second kappa shape index (κ2) is 14.1. The molecule has 0 bridgehead atoms. The van der Waals surface area contributed by atoms with Crippen molar-refractivity contribution in [2.24, 2.45) is 0 Å². The van der Waals surface area contributed by atoms with E-state index < -0.39 is 11.7 Å². The largest absolute Gasteiger partial charge is 0.497 e. The highest BCUT2D eigenvalue weighted by molar-refractivity contribution is 5.91. The van der Waals surface area contributed by atoms with Gasteiger partial charge in [-0.05, 0) is 97.4 Å². The summed E-state index contributed by atoms with van der Waals surface area (Å²) in [6.07, 6.45) is 9.25. The Kier molecular flexibility index (Phi) is 12.3. The Morgan fingerprint density at radius 3 is 2.29 bits per heavy atom. The van der Waals surface area contributed by atoms with E-state index in [1.54, 1.807) is 34.1 Å². The van der Waals surface area contributed by atoms with Gasteiger partial charge in [-0.3, -0.25) is 4.79 Å². The molecule has 0 aliphatic rings. The molecule has 0 unspecified atom stereocenters. The molecule has 5 nitrogen and oxygen atoms in total. The predicted molar refractivity (Wildman–Crippen MR) is 140 cm³/mol. The lowest BCUT2D eigenvalue weighted by Gasteiger charge is -2.24. The number of aryl methyl sites for hydroxylation is 1. The molecule has 0 saturated carbocycles. The number of rotatable bonds is 14. The van der Waals surface area contributed by atoms with Crippen molar-refractivity contribution in [3.63, 3.8) is 0 Å². The fraction of sp³-hybridized carbons (Fsp3) is 0.552. The first-order valence-electron chi connectivity index (χ1n) is 12.0. The lowest BCUT2D eigenvalue weighted by molar-refractivity contribution is -0.114. The summed E-state index contributed by atoms with van der Waals surface area (Å²) >= 11 is 0. The standard InChI is InChI=1S/C29H44O5/c1-20(13-15-27(31)29(5,6)32)10-9-11-21(2)16-25(30)17-22(3)12-14-24-19-26(33-7)18-23(4)28(24)34-8/h10,12,16,18-19,27,31-32H,9,11,13-15,17H2,1-8H3/t27-/m0/s1. The van der Waals surface area contributed by atoms with Crippen molar-refractivity contribution in [1.29, 1.82) is 0 Å². The molecule has 0 amide bonds. The number of ether oxygens (including phenoxy) is 2. The fourth-order valence-corrected chi connectivity index (χ4v) is 3.77. The summed E-state index contributed by atoms with van der Waals surface area (Å²) in [4.78, 5) is 12.5. The number of aliphatic hydroxyl groups excluding tert-OH is 1. The molecule has 0 saturated heterocycles. The van der Waals surface area contributed by atoms with Crippen LogP contribution in [-0.4, -0.2) is 41.9 Å². The molecule has 0 radical (unpaired) electrons. The van der Waals surface area contributed by atoms with Crippen LogP contribution in [-0.2, 0) is 11.2 Å². The van der Waals surface area contributed by atoms with Crippen molar-refractivity contribution >= 4 is 5.78 Å². The average molecular weight is 473 g/mol. The van der Waals surface area contributed by atoms with Gasteiger partial charge in [-0.2, -0.15) is 0 Å². The minimum atomic E-state index is -1.08. The summed E-state index contributed by atoms with van der Waals surface area (Å²) in [5.74, 6) is 1.76. The molecule has 5 heteroatoms. The van der Waals surface area contributed by atoms with Crippen molar-refractivity contribution in [2.45, 2.75) is 91.8 Å². The van der Waals surface area contributed by atoms with Crippen LogP contribution in [0, 0.1) is 6.92 Å². The van der Waals surface area contributed by atoms with E-state index in [0.29, 0.717) is 19.3 Å². The van der Waals surface area contributed by atoms with Crippen LogP contribution in [0.4, 0.5) is 0 Å². The molecule has 0 spiro atoms. The van der Waals surface area contributed by atoms with E-state index in [1.165, 1.54) is 5.57 Å². The molecule has 0 heterocycles. The first-order chi connectivity index (χ1) is 15.9. The molecule has 190 valence electrons. The third-order valence-electron chi connectivity index (χ3n) is 5.95. The van der Waals surface area contributed by atoms with Crippen molar-refractivity contribution in [2.75, 3.05) is 14.2 Å². The molecule has 1 rings (SSSR count). The minimum Gasteiger partial charge on any atom is -0.497 e. The average Bonchev–Trinajstić information content (AvgIpc) is 2.74. The van der Waals surface area contributed by atoms with Crippen LogP contribution in [0.2, 0.25) is 0 Å². The monoisotopic (exact) mass is 472 g/mol. The maximum atomic E-state index is 12.5. The maximum Gasteiger partial charge on any atom is 0.159 e. The van der Waals surface area contributed by atoms with E-state index in [1.807, 2.05) is 39.8 Å². The lowest BCUT2D eigenvalue weighted by Crippen LogP contribution is -2.35. The van der Waals surface area contributed by atoms with Crippen molar-refractivity contribution in [1.82, 2.24) is 0 Å². The Hall–Kier alpha value is -2.37. The molecule has 1 aromatic rings. The van der Waals surface area contributed by atoms with Crippen molar-refractivity contribution in [3.05, 3.63) is 58.2 Å². The number of ketones is 1. The zero-order valence-corrected chi connectivity index (χ0v) is 22.3. The van der Waals surface area contributed by atoms with Crippen LogP contribution in [0.1, 0.15) is 77.8 Å².